The Morgan fingerprint density at radius 3 is 2.37 bits per heavy atom. The second-order valence-electron chi connectivity index (χ2n) is 9.46. The van der Waals surface area contributed by atoms with Crippen molar-refractivity contribution >= 4 is 51.2 Å². The van der Waals surface area contributed by atoms with E-state index in [-0.39, 0.29) is 18.9 Å². The zero-order chi connectivity index (χ0) is 30.3. The van der Waals surface area contributed by atoms with Crippen molar-refractivity contribution in [1.82, 2.24) is 15.0 Å². The third-order valence-electron chi connectivity index (χ3n) is 6.63. The number of methoxy groups -OCH3 is 2. The minimum Gasteiger partial charge on any atom is -0.497 e. The summed E-state index contributed by atoms with van der Waals surface area (Å²) in [5, 5.41) is 8.26. The van der Waals surface area contributed by atoms with Crippen molar-refractivity contribution in [2.45, 2.75) is 13.2 Å². The van der Waals surface area contributed by atoms with Gasteiger partial charge in [-0.15, -0.1) is 5.10 Å². The Morgan fingerprint density at radius 1 is 0.884 bits per heavy atom. The highest BCUT2D eigenvalue weighted by atomic mass is 79.9. The third kappa shape index (κ3) is 7.07. The van der Waals surface area contributed by atoms with Crippen molar-refractivity contribution in [1.29, 1.82) is 0 Å². The van der Waals surface area contributed by atoms with Crippen molar-refractivity contribution in [3.05, 3.63) is 106 Å². The molecule has 0 unspecified atom stereocenters. The van der Waals surface area contributed by atoms with E-state index in [1.54, 1.807) is 60.5 Å². The number of allylic oxidation sites excluding steroid dienone is 2. The van der Waals surface area contributed by atoms with Gasteiger partial charge in [0.15, 0.2) is 17.3 Å². The van der Waals surface area contributed by atoms with Gasteiger partial charge in [0.1, 0.15) is 18.1 Å². The quantitative estimate of drug-likeness (QED) is 0.154. The highest BCUT2D eigenvalue weighted by molar-refractivity contribution is 9.10. The number of aromatic nitrogens is 3. The van der Waals surface area contributed by atoms with Crippen LogP contribution in [0.4, 0.5) is 5.69 Å². The van der Waals surface area contributed by atoms with Gasteiger partial charge in [0.2, 0.25) is 0 Å². The standard InChI is InChI=1S/C32H27BrN4O6/c1-41-26-11-5-21(6-12-26)3-9-25(38)10-4-22-7-14-29(30(17-22)42-2)43-20-24-19-36(35-34-24)15-16-37-28-13-8-23(33)18-27(28)31(39)32(37)40/h3-14,17-19H,15-16,20H2,1-2H3/b9-3+,10-4+. The molecule has 5 rings (SSSR count). The number of Topliss-reactive ketones (excluding diaryl/α,β-unsaturated/α-hetero) is 1. The van der Waals surface area contributed by atoms with Crippen LogP contribution >= 0.6 is 15.9 Å². The molecule has 3 aromatic carbocycles. The molecule has 0 spiro atoms. The second kappa shape index (κ2) is 13.3. The van der Waals surface area contributed by atoms with Gasteiger partial charge in [-0.25, -0.2) is 0 Å². The minimum absolute atomic E-state index is 0.137. The molecule has 0 saturated carbocycles. The molecule has 0 saturated heterocycles. The van der Waals surface area contributed by atoms with Crippen LogP contribution in [0, 0.1) is 0 Å². The lowest BCUT2D eigenvalue weighted by Gasteiger charge is -2.16. The van der Waals surface area contributed by atoms with Crippen molar-refractivity contribution in [2.24, 2.45) is 0 Å². The maximum absolute atomic E-state index is 12.5. The van der Waals surface area contributed by atoms with E-state index >= 15 is 0 Å². The Labute approximate surface area is 256 Å². The summed E-state index contributed by atoms with van der Waals surface area (Å²) in [7, 11) is 3.14. The largest absolute Gasteiger partial charge is 0.497 e. The van der Waals surface area contributed by atoms with Gasteiger partial charge in [-0.3, -0.25) is 19.1 Å². The fourth-order valence-electron chi connectivity index (χ4n) is 4.40. The number of ketones is 2. The molecule has 11 heteroatoms. The van der Waals surface area contributed by atoms with Crippen LogP contribution in [-0.2, 0) is 22.7 Å². The number of hydrogen-bond donors (Lipinski definition) is 0. The summed E-state index contributed by atoms with van der Waals surface area (Å²) >= 11 is 3.34. The monoisotopic (exact) mass is 642 g/mol. The number of nitrogens with zero attached hydrogens (tertiary/aromatic N) is 4. The molecule has 0 bridgehead atoms. The molecule has 4 aromatic rings. The van der Waals surface area contributed by atoms with Gasteiger partial charge in [0.05, 0.1) is 38.2 Å². The first-order valence-corrected chi connectivity index (χ1v) is 14.0. The maximum atomic E-state index is 12.5. The Kier molecular flexibility index (Phi) is 9.11. The summed E-state index contributed by atoms with van der Waals surface area (Å²) in [6.45, 7) is 0.753. The van der Waals surface area contributed by atoms with Gasteiger partial charge in [0, 0.05) is 11.0 Å². The van der Waals surface area contributed by atoms with E-state index in [1.165, 1.54) is 24.2 Å². The van der Waals surface area contributed by atoms with Crippen LogP contribution in [0.3, 0.4) is 0 Å². The molecule has 0 N–H and O–H groups in total. The van der Waals surface area contributed by atoms with Crippen LogP contribution in [0.1, 0.15) is 27.2 Å². The van der Waals surface area contributed by atoms with Crippen LogP contribution < -0.4 is 19.1 Å². The average molecular weight is 643 g/mol. The molecule has 0 radical (unpaired) electrons. The highest BCUT2D eigenvalue weighted by Crippen LogP contribution is 2.31. The van der Waals surface area contributed by atoms with E-state index < -0.39 is 11.7 Å². The van der Waals surface area contributed by atoms with Crippen LogP contribution in [0.2, 0.25) is 0 Å². The molecular weight excluding hydrogens is 616 g/mol. The van der Waals surface area contributed by atoms with Gasteiger partial charge >= 0.3 is 0 Å². The average Bonchev–Trinajstić information content (AvgIpc) is 3.58. The molecule has 0 aliphatic carbocycles. The minimum atomic E-state index is -0.559. The smallest absolute Gasteiger partial charge is 0.299 e. The number of fused-ring (bicyclic) bond motifs is 1. The van der Waals surface area contributed by atoms with Gasteiger partial charge in [-0.05, 0) is 65.7 Å². The summed E-state index contributed by atoms with van der Waals surface area (Å²) in [5.74, 6) is 0.519. The summed E-state index contributed by atoms with van der Waals surface area (Å²) in [5.41, 5.74) is 3.21. The molecule has 0 atom stereocenters. The number of rotatable bonds is 12. The third-order valence-corrected chi connectivity index (χ3v) is 7.12. The molecule has 1 aromatic heterocycles. The number of amides is 1. The van der Waals surface area contributed by atoms with E-state index in [0.29, 0.717) is 35.0 Å². The molecule has 218 valence electrons. The first-order valence-electron chi connectivity index (χ1n) is 13.2. The summed E-state index contributed by atoms with van der Waals surface area (Å²) < 4.78 is 18.9. The van der Waals surface area contributed by atoms with Crippen LogP contribution in [-0.4, -0.2) is 53.2 Å². The van der Waals surface area contributed by atoms with Crippen molar-refractivity contribution in [3.8, 4) is 17.2 Å². The summed E-state index contributed by atoms with van der Waals surface area (Å²) in [4.78, 5) is 38.6. The van der Waals surface area contributed by atoms with Crippen LogP contribution in [0.5, 0.6) is 17.2 Å². The van der Waals surface area contributed by atoms with E-state index in [2.05, 4.69) is 26.2 Å². The van der Waals surface area contributed by atoms with Crippen molar-refractivity contribution < 1.29 is 28.6 Å². The molecule has 0 fully saturated rings. The first-order chi connectivity index (χ1) is 20.8. The summed E-state index contributed by atoms with van der Waals surface area (Å²) in [6, 6.07) is 17.9. The number of benzene rings is 3. The molecule has 1 aliphatic heterocycles. The second-order valence-corrected chi connectivity index (χ2v) is 10.4. The fraction of sp³-hybridized carbons (Fsp3) is 0.156. The SMILES string of the molecule is COc1ccc(/C=C/C(=O)/C=C/c2ccc(OCc3cn(CCN4C(=O)C(=O)c5cc(Br)ccc54)nn3)c(OC)c2)cc1. The van der Waals surface area contributed by atoms with E-state index in [4.69, 9.17) is 14.2 Å². The fourth-order valence-corrected chi connectivity index (χ4v) is 4.76. The number of halogens is 1. The predicted molar refractivity (Wildman–Crippen MR) is 164 cm³/mol. The van der Waals surface area contributed by atoms with Gasteiger partial charge in [0.25, 0.3) is 11.7 Å². The summed E-state index contributed by atoms with van der Waals surface area (Å²) in [6.07, 6.45) is 8.15. The molecule has 1 amide bonds. The lowest BCUT2D eigenvalue weighted by atomic mass is 10.1. The lowest BCUT2D eigenvalue weighted by Crippen LogP contribution is -2.32. The lowest BCUT2D eigenvalue weighted by molar-refractivity contribution is -0.114. The van der Waals surface area contributed by atoms with Crippen LogP contribution in [0.25, 0.3) is 12.2 Å². The van der Waals surface area contributed by atoms with Gasteiger partial charge < -0.3 is 19.1 Å². The topological polar surface area (TPSA) is 113 Å². The number of carbonyl (C=O) groups is 3. The molecule has 2 heterocycles. The Morgan fingerprint density at radius 2 is 1.63 bits per heavy atom. The van der Waals surface area contributed by atoms with E-state index in [1.807, 2.05) is 30.3 Å². The number of ether oxygens (including phenoxy) is 3. The highest BCUT2D eigenvalue weighted by Gasteiger charge is 2.35. The normalized spacial score (nSPS) is 12.8. The predicted octanol–water partition coefficient (Wildman–Crippen LogP) is 5.16. The molecule has 1 aliphatic rings. The first kappa shape index (κ1) is 29.5. The van der Waals surface area contributed by atoms with Crippen molar-refractivity contribution in [2.75, 3.05) is 25.7 Å². The van der Waals surface area contributed by atoms with Gasteiger partial charge in [-0.2, -0.15) is 0 Å². The Hall–Kier alpha value is -5.03. The Bertz CT molecular complexity index is 1730. The van der Waals surface area contributed by atoms with Crippen molar-refractivity contribution in [3.63, 3.8) is 0 Å². The number of carbonyl (C=O) groups excluding carboxylic acids is 3. The number of anilines is 1. The molecular formula is C32H27BrN4O6. The van der Waals surface area contributed by atoms with E-state index in [9.17, 15) is 14.4 Å². The molecule has 43 heavy (non-hydrogen) atoms. The Balaban J connectivity index is 1.15. The van der Waals surface area contributed by atoms with Gasteiger partial charge in [-0.1, -0.05) is 51.5 Å². The zero-order valence-corrected chi connectivity index (χ0v) is 25.0. The van der Waals surface area contributed by atoms with E-state index in [0.717, 1.165) is 21.3 Å². The zero-order valence-electron chi connectivity index (χ0n) is 23.4. The number of hydrogen-bond acceptors (Lipinski definition) is 8. The van der Waals surface area contributed by atoms with Crippen LogP contribution in [0.15, 0.2) is 83.5 Å². The maximum Gasteiger partial charge on any atom is 0.299 e. The molecule has 10 nitrogen and oxygen atoms in total.